The molecule has 1 fully saturated rings. The van der Waals surface area contributed by atoms with Crippen LogP contribution >= 0.6 is 11.6 Å². The van der Waals surface area contributed by atoms with Crippen molar-refractivity contribution in [2.24, 2.45) is 11.8 Å². The van der Waals surface area contributed by atoms with Crippen molar-refractivity contribution >= 4 is 17.6 Å². The molecule has 1 aromatic rings. The Balaban J connectivity index is 2.01. The number of hydrogen-bond donors (Lipinski definition) is 1. The molecule has 2 rings (SSSR count). The Morgan fingerprint density at radius 3 is 2.65 bits per heavy atom. The SMILES string of the molecule is O=C(O)C(Cc1ccccc1Cl)CC1CCC1. The molecule has 1 aliphatic carbocycles. The van der Waals surface area contributed by atoms with E-state index >= 15 is 0 Å². The summed E-state index contributed by atoms with van der Waals surface area (Å²) >= 11 is 6.06. The molecule has 0 heterocycles. The predicted octanol–water partition coefficient (Wildman–Crippen LogP) is 3.77. The summed E-state index contributed by atoms with van der Waals surface area (Å²) in [6, 6.07) is 7.51. The van der Waals surface area contributed by atoms with Gasteiger partial charge in [0.25, 0.3) is 0 Å². The third kappa shape index (κ3) is 3.22. The smallest absolute Gasteiger partial charge is 0.306 e. The van der Waals surface area contributed by atoms with Gasteiger partial charge in [-0.05, 0) is 30.4 Å². The second kappa shape index (κ2) is 5.54. The molecule has 0 bridgehead atoms. The Labute approximate surface area is 107 Å². The number of hydrogen-bond acceptors (Lipinski definition) is 1. The highest BCUT2D eigenvalue weighted by molar-refractivity contribution is 6.31. The van der Waals surface area contributed by atoms with Crippen molar-refractivity contribution < 1.29 is 9.90 Å². The van der Waals surface area contributed by atoms with E-state index in [-0.39, 0.29) is 5.92 Å². The Kier molecular flexibility index (Phi) is 4.06. The molecule has 0 amide bonds. The molecule has 1 saturated carbocycles. The molecule has 0 radical (unpaired) electrons. The number of carboxylic acid groups (broad SMARTS) is 1. The average Bonchev–Trinajstić information content (AvgIpc) is 2.23. The van der Waals surface area contributed by atoms with Crippen molar-refractivity contribution in [2.45, 2.75) is 32.1 Å². The summed E-state index contributed by atoms with van der Waals surface area (Å²) in [6.45, 7) is 0. The maximum absolute atomic E-state index is 11.2. The van der Waals surface area contributed by atoms with Gasteiger partial charge >= 0.3 is 5.97 Å². The zero-order valence-corrected chi connectivity index (χ0v) is 10.5. The van der Waals surface area contributed by atoms with Gasteiger partial charge in [0, 0.05) is 5.02 Å². The molecule has 0 aliphatic heterocycles. The van der Waals surface area contributed by atoms with Crippen molar-refractivity contribution in [3.05, 3.63) is 34.9 Å². The lowest BCUT2D eigenvalue weighted by molar-refractivity contribution is -0.142. The van der Waals surface area contributed by atoms with E-state index in [1.807, 2.05) is 24.3 Å². The van der Waals surface area contributed by atoms with E-state index in [1.54, 1.807) is 0 Å². The van der Waals surface area contributed by atoms with Gasteiger partial charge in [0.05, 0.1) is 5.92 Å². The number of aliphatic carboxylic acids is 1. The topological polar surface area (TPSA) is 37.3 Å². The van der Waals surface area contributed by atoms with Gasteiger partial charge in [-0.15, -0.1) is 0 Å². The maximum atomic E-state index is 11.2. The second-order valence-corrected chi connectivity index (χ2v) is 5.27. The zero-order chi connectivity index (χ0) is 12.3. The van der Waals surface area contributed by atoms with Crippen LogP contribution < -0.4 is 0 Å². The van der Waals surface area contributed by atoms with Crippen LogP contribution in [0.15, 0.2) is 24.3 Å². The molecular formula is C14H17ClO2. The number of carbonyl (C=O) groups is 1. The van der Waals surface area contributed by atoms with Crippen LogP contribution in [0.3, 0.4) is 0 Å². The van der Waals surface area contributed by atoms with Gasteiger partial charge in [-0.2, -0.15) is 0 Å². The van der Waals surface area contributed by atoms with Crippen LogP contribution in [0.5, 0.6) is 0 Å². The van der Waals surface area contributed by atoms with Crippen LogP contribution in [0.1, 0.15) is 31.2 Å². The Bertz CT molecular complexity index is 399. The van der Waals surface area contributed by atoms with Crippen molar-refractivity contribution in [3.63, 3.8) is 0 Å². The van der Waals surface area contributed by atoms with Crippen LogP contribution in [0.2, 0.25) is 5.02 Å². The Hall–Kier alpha value is -1.02. The molecule has 0 saturated heterocycles. The highest BCUT2D eigenvalue weighted by Gasteiger charge is 2.26. The van der Waals surface area contributed by atoms with Gasteiger partial charge in [-0.25, -0.2) is 0 Å². The molecule has 17 heavy (non-hydrogen) atoms. The van der Waals surface area contributed by atoms with Gasteiger partial charge in [-0.3, -0.25) is 4.79 Å². The molecule has 1 N–H and O–H groups in total. The molecule has 1 aromatic carbocycles. The third-order valence-corrected chi connectivity index (χ3v) is 3.98. The Morgan fingerprint density at radius 2 is 2.12 bits per heavy atom. The molecule has 1 unspecified atom stereocenters. The number of benzene rings is 1. The van der Waals surface area contributed by atoms with E-state index in [0.29, 0.717) is 17.4 Å². The number of rotatable bonds is 5. The highest BCUT2D eigenvalue weighted by Crippen LogP contribution is 2.34. The van der Waals surface area contributed by atoms with Crippen molar-refractivity contribution in [1.29, 1.82) is 0 Å². The maximum Gasteiger partial charge on any atom is 0.306 e. The lowest BCUT2D eigenvalue weighted by Crippen LogP contribution is -2.23. The van der Waals surface area contributed by atoms with Crippen LogP contribution in [0.25, 0.3) is 0 Å². The van der Waals surface area contributed by atoms with Crippen LogP contribution in [0.4, 0.5) is 0 Å². The van der Waals surface area contributed by atoms with E-state index < -0.39 is 5.97 Å². The van der Waals surface area contributed by atoms with Crippen molar-refractivity contribution in [3.8, 4) is 0 Å². The summed E-state index contributed by atoms with van der Waals surface area (Å²) < 4.78 is 0. The molecule has 92 valence electrons. The van der Waals surface area contributed by atoms with E-state index in [0.717, 1.165) is 12.0 Å². The molecule has 3 heteroatoms. The first-order valence-electron chi connectivity index (χ1n) is 6.13. The van der Waals surface area contributed by atoms with E-state index in [9.17, 15) is 9.90 Å². The van der Waals surface area contributed by atoms with Crippen molar-refractivity contribution in [2.75, 3.05) is 0 Å². The Morgan fingerprint density at radius 1 is 1.41 bits per heavy atom. The highest BCUT2D eigenvalue weighted by atomic mass is 35.5. The molecule has 0 spiro atoms. The lowest BCUT2D eigenvalue weighted by Gasteiger charge is -2.28. The minimum absolute atomic E-state index is 0.291. The van der Waals surface area contributed by atoms with Crippen LogP contribution in [0, 0.1) is 11.8 Å². The largest absolute Gasteiger partial charge is 0.481 e. The van der Waals surface area contributed by atoms with Crippen LogP contribution in [-0.2, 0) is 11.2 Å². The summed E-state index contributed by atoms with van der Waals surface area (Å²) in [5.41, 5.74) is 0.945. The minimum atomic E-state index is -0.697. The quantitative estimate of drug-likeness (QED) is 0.866. The van der Waals surface area contributed by atoms with Crippen LogP contribution in [-0.4, -0.2) is 11.1 Å². The lowest BCUT2D eigenvalue weighted by atomic mass is 9.77. The average molecular weight is 253 g/mol. The minimum Gasteiger partial charge on any atom is -0.481 e. The van der Waals surface area contributed by atoms with Gasteiger partial charge in [0.2, 0.25) is 0 Å². The normalized spacial score (nSPS) is 17.5. The first-order valence-corrected chi connectivity index (χ1v) is 6.51. The first-order chi connectivity index (χ1) is 8.16. The molecule has 0 aromatic heterocycles. The fourth-order valence-electron chi connectivity index (χ4n) is 2.33. The zero-order valence-electron chi connectivity index (χ0n) is 9.73. The van der Waals surface area contributed by atoms with Gasteiger partial charge in [0.1, 0.15) is 0 Å². The molecular weight excluding hydrogens is 236 g/mol. The standard InChI is InChI=1S/C14H17ClO2/c15-13-7-2-1-6-11(13)9-12(14(16)17)8-10-4-3-5-10/h1-2,6-7,10,12H,3-5,8-9H2,(H,16,17). The summed E-state index contributed by atoms with van der Waals surface area (Å²) in [5, 5.41) is 9.92. The van der Waals surface area contributed by atoms with E-state index in [2.05, 4.69) is 0 Å². The summed E-state index contributed by atoms with van der Waals surface area (Å²) in [5.74, 6) is -0.379. The summed E-state index contributed by atoms with van der Waals surface area (Å²) in [7, 11) is 0. The molecule has 1 atom stereocenters. The van der Waals surface area contributed by atoms with Gasteiger partial charge < -0.3 is 5.11 Å². The predicted molar refractivity (Wildman–Crippen MR) is 68.2 cm³/mol. The molecule has 2 nitrogen and oxygen atoms in total. The van der Waals surface area contributed by atoms with Gasteiger partial charge in [0.15, 0.2) is 0 Å². The van der Waals surface area contributed by atoms with Crippen molar-refractivity contribution in [1.82, 2.24) is 0 Å². The summed E-state index contributed by atoms with van der Waals surface area (Å²) in [6.07, 6.45) is 4.97. The van der Waals surface area contributed by atoms with E-state index in [4.69, 9.17) is 11.6 Å². The monoisotopic (exact) mass is 252 g/mol. The fourth-order valence-corrected chi connectivity index (χ4v) is 2.54. The fraction of sp³-hybridized carbons (Fsp3) is 0.500. The number of halogens is 1. The summed E-state index contributed by atoms with van der Waals surface area (Å²) in [4.78, 5) is 11.2. The third-order valence-electron chi connectivity index (χ3n) is 3.62. The number of carboxylic acids is 1. The van der Waals surface area contributed by atoms with E-state index in [1.165, 1.54) is 19.3 Å². The second-order valence-electron chi connectivity index (χ2n) is 4.86. The molecule has 1 aliphatic rings. The van der Waals surface area contributed by atoms with Gasteiger partial charge in [-0.1, -0.05) is 49.1 Å². The first kappa shape index (κ1) is 12.4.